The maximum atomic E-state index is 12.6. The maximum Gasteiger partial charge on any atom is 0.573 e. The van der Waals surface area contributed by atoms with Gasteiger partial charge in [-0.2, -0.15) is 14.9 Å². The number of carbonyl (C=O) groups excluding carboxylic acids is 1. The summed E-state index contributed by atoms with van der Waals surface area (Å²) < 4.78 is 42.9. The number of ether oxygens (including phenoxy) is 1. The van der Waals surface area contributed by atoms with E-state index in [1.54, 1.807) is 6.92 Å². The molecule has 2 heterocycles. The van der Waals surface area contributed by atoms with Gasteiger partial charge >= 0.3 is 6.36 Å². The smallest absolute Gasteiger partial charge is 0.406 e. The van der Waals surface area contributed by atoms with Gasteiger partial charge in [-0.05, 0) is 48.9 Å². The molecule has 3 aromatic rings. The van der Waals surface area contributed by atoms with Gasteiger partial charge in [-0.25, -0.2) is 4.98 Å². The number of hydrogen-bond donors (Lipinski definition) is 1. The van der Waals surface area contributed by atoms with Crippen LogP contribution in [0.5, 0.6) is 5.75 Å². The first-order chi connectivity index (χ1) is 14.6. The fourth-order valence-corrected chi connectivity index (χ4v) is 3.19. The van der Waals surface area contributed by atoms with Crippen molar-refractivity contribution >= 4 is 33.4 Å². The Bertz CT molecular complexity index is 1160. The molecule has 0 aliphatic heterocycles. The molecule has 3 rings (SSSR count). The van der Waals surface area contributed by atoms with Crippen molar-refractivity contribution in [1.82, 2.24) is 25.1 Å². The first kappa shape index (κ1) is 22.5. The molecule has 0 aliphatic carbocycles. The number of nitrogens with one attached hydrogen (secondary N) is 1. The van der Waals surface area contributed by atoms with Crippen molar-refractivity contribution in [1.29, 1.82) is 5.26 Å². The Morgan fingerprint density at radius 2 is 2.10 bits per heavy atom. The van der Waals surface area contributed by atoms with Crippen LogP contribution >= 0.6 is 27.5 Å². The fourth-order valence-electron chi connectivity index (χ4n) is 2.56. The number of benzene rings is 1. The highest BCUT2D eigenvalue weighted by molar-refractivity contribution is 9.10. The van der Waals surface area contributed by atoms with E-state index in [-0.39, 0.29) is 21.1 Å². The SMILES string of the molecule is CC(NC(=O)c1cc(Br)cc(OC(F)(F)F)c1)c1nc(Cl)nn1-c1ccc(C#N)cn1. The van der Waals surface area contributed by atoms with Crippen molar-refractivity contribution in [3.8, 4) is 17.6 Å². The van der Waals surface area contributed by atoms with Crippen molar-refractivity contribution in [2.45, 2.75) is 19.3 Å². The van der Waals surface area contributed by atoms with Gasteiger partial charge in [-0.3, -0.25) is 4.79 Å². The van der Waals surface area contributed by atoms with Gasteiger partial charge in [0, 0.05) is 16.2 Å². The highest BCUT2D eigenvalue weighted by atomic mass is 79.9. The summed E-state index contributed by atoms with van der Waals surface area (Å²) in [6, 6.07) is 7.61. The van der Waals surface area contributed by atoms with Crippen LogP contribution in [-0.2, 0) is 0 Å². The number of nitrogens with zero attached hydrogens (tertiary/aromatic N) is 5. The number of amides is 1. The van der Waals surface area contributed by atoms with Crippen LogP contribution < -0.4 is 10.1 Å². The molecular weight excluding hydrogens is 505 g/mol. The van der Waals surface area contributed by atoms with E-state index in [0.717, 1.165) is 12.1 Å². The van der Waals surface area contributed by atoms with Crippen LogP contribution in [0.4, 0.5) is 13.2 Å². The zero-order valence-electron chi connectivity index (χ0n) is 15.5. The van der Waals surface area contributed by atoms with Gasteiger partial charge in [0.25, 0.3) is 5.91 Å². The van der Waals surface area contributed by atoms with E-state index in [2.05, 4.69) is 41.1 Å². The van der Waals surface area contributed by atoms with Gasteiger partial charge in [-0.1, -0.05) is 15.9 Å². The molecule has 0 spiro atoms. The van der Waals surface area contributed by atoms with Crippen LogP contribution in [0, 0.1) is 11.3 Å². The van der Waals surface area contributed by atoms with Crippen molar-refractivity contribution < 1.29 is 22.7 Å². The number of rotatable bonds is 5. The highest BCUT2D eigenvalue weighted by Crippen LogP contribution is 2.27. The van der Waals surface area contributed by atoms with Crippen LogP contribution in [0.2, 0.25) is 5.28 Å². The lowest BCUT2D eigenvalue weighted by atomic mass is 10.2. The molecule has 1 amide bonds. The first-order valence-electron chi connectivity index (χ1n) is 8.42. The molecule has 1 aromatic carbocycles. The summed E-state index contributed by atoms with van der Waals surface area (Å²) in [5.74, 6) is -0.706. The molecule has 8 nitrogen and oxygen atoms in total. The predicted octanol–water partition coefficient (Wildman–Crippen LogP) is 4.34. The largest absolute Gasteiger partial charge is 0.573 e. The number of pyridine rings is 1. The Morgan fingerprint density at radius 1 is 1.35 bits per heavy atom. The summed E-state index contributed by atoms with van der Waals surface area (Å²) in [4.78, 5) is 20.8. The van der Waals surface area contributed by atoms with E-state index in [1.165, 1.54) is 29.1 Å². The zero-order valence-corrected chi connectivity index (χ0v) is 17.8. The van der Waals surface area contributed by atoms with E-state index in [4.69, 9.17) is 16.9 Å². The van der Waals surface area contributed by atoms with E-state index in [9.17, 15) is 18.0 Å². The summed E-state index contributed by atoms with van der Waals surface area (Å²) in [6.45, 7) is 1.59. The molecule has 0 saturated carbocycles. The molecule has 0 fully saturated rings. The molecule has 1 N–H and O–H groups in total. The third kappa shape index (κ3) is 5.71. The van der Waals surface area contributed by atoms with E-state index >= 15 is 0 Å². The topological polar surface area (TPSA) is 106 Å². The van der Waals surface area contributed by atoms with Crippen molar-refractivity contribution in [3.05, 3.63) is 63.2 Å². The molecule has 1 unspecified atom stereocenters. The second-order valence-corrected chi connectivity index (χ2v) is 7.34. The second-order valence-electron chi connectivity index (χ2n) is 6.09. The summed E-state index contributed by atoms with van der Waals surface area (Å²) in [7, 11) is 0. The van der Waals surface area contributed by atoms with Gasteiger partial charge in [-0.15, -0.1) is 18.3 Å². The molecular formula is C18H11BrClF3N6O2. The Balaban J connectivity index is 1.84. The monoisotopic (exact) mass is 514 g/mol. The third-order valence-electron chi connectivity index (χ3n) is 3.80. The fraction of sp³-hybridized carbons (Fsp3) is 0.167. The normalized spacial score (nSPS) is 12.2. The molecule has 0 bridgehead atoms. The van der Waals surface area contributed by atoms with Crippen molar-refractivity contribution in [2.75, 3.05) is 0 Å². The van der Waals surface area contributed by atoms with Crippen LogP contribution in [0.15, 0.2) is 41.0 Å². The second kappa shape index (κ2) is 8.91. The number of alkyl halides is 3. The first-order valence-corrected chi connectivity index (χ1v) is 9.59. The molecule has 31 heavy (non-hydrogen) atoms. The molecule has 0 radical (unpaired) electrons. The molecule has 1 atom stereocenters. The van der Waals surface area contributed by atoms with Crippen molar-refractivity contribution in [3.63, 3.8) is 0 Å². The zero-order chi connectivity index (χ0) is 22.8. The Morgan fingerprint density at radius 3 is 2.71 bits per heavy atom. The third-order valence-corrected chi connectivity index (χ3v) is 4.42. The van der Waals surface area contributed by atoms with Crippen LogP contribution in [0.3, 0.4) is 0 Å². The van der Waals surface area contributed by atoms with Gasteiger partial charge < -0.3 is 10.1 Å². The molecule has 13 heteroatoms. The average molecular weight is 516 g/mol. The molecule has 160 valence electrons. The minimum absolute atomic E-state index is 0.0749. The number of aromatic nitrogens is 4. The van der Waals surface area contributed by atoms with Gasteiger partial charge in [0.1, 0.15) is 11.8 Å². The lowest BCUT2D eigenvalue weighted by Gasteiger charge is -2.15. The van der Waals surface area contributed by atoms with Crippen molar-refractivity contribution in [2.24, 2.45) is 0 Å². The minimum Gasteiger partial charge on any atom is -0.406 e. The number of hydrogen-bond acceptors (Lipinski definition) is 6. The Labute approximate surface area is 186 Å². The van der Waals surface area contributed by atoms with E-state index in [1.807, 2.05) is 6.07 Å². The van der Waals surface area contributed by atoms with E-state index in [0.29, 0.717) is 11.4 Å². The lowest BCUT2D eigenvalue weighted by Crippen LogP contribution is -2.29. The van der Waals surface area contributed by atoms with Crippen LogP contribution in [-0.4, -0.2) is 32.0 Å². The van der Waals surface area contributed by atoms with Crippen LogP contribution in [0.25, 0.3) is 5.82 Å². The van der Waals surface area contributed by atoms with Gasteiger partial charge in [0.2, 0.25) is 5.28 Å². The lowest BCUT2D eigenvalue weighted by molar-refractivity contribution is -0.274. The molecule has 2 aromatic heterocycles. The summed E-state index contributed by atoms with van der Waals surface area (Å²) in [6.07, 6.45) is -3.56. The number of halogens is 5. The average Bonchev–Trinajstić information content (AvgIpc) is 3.08. The molecule has 0 aliphatic rings. The summed E-state index contributed by atoms with van der Waals surface area (Å²) in [5.41, 5.74) is 0.263. The maximum absolute atomic E-state index is 12.6. The van der Waals surface area contributed by atoms with E-state index < -0.39 is 24.1 Å². The van der Waals surface area contributed by atoms with Crippen LogP contribution in [0.1, 0.15) is 34.7 Å². The predicted molar refractivity (Wildman–Crippen MR) is 106 cm³/mol. The highest BCUT2D eigenvalue weighted by Gasteiger charge is 2.31. The Hall–Kier alpha value is -3.17. The quantitative estimate of drug-likeness (QED) is 0.542. The number of carbonyl (C=O) groups is 1. The molecule has 0 saturated heterocycles. The summed E-state index contributed by atoms with van der Waals surface area (Å²) in [5, 5.41) is 15.4. The summed E-state index contributed by atoms with van der Waals surface area (Å²) >= 11 is 8.96. The Kier molecular flexibility index (Phi) is 6.47. The number of nitriles is 1. The van der Waals surface area contributed by atoms with Gasteiger partial charge in [0.15, 0.2) is 11.6 Å². The minimum atomic E-state index is -4.90. The standard InChI is InChI=1S/C18H11BrClF3N6O2/c1-9(15-27-17(20)28-29(15)14-3-2-10(7-24)8-25-14)26-16(30)11-4-12(19)6-13(5-11)31-18(21,22)23/h2-6,8-9H,1H3,(H,26,30). The van der Waals surface area contributed by atoms with Gasteiger partial charge in [0.05, 0.1) is 11.6 Å².